The van der Waals surface area contributed by atoms with Crippen LogP contribution in [0.25, 0.3) is 11.4 Å². The van der Waals surface area contributed by atoms with Crippen molar-refractivity contribution in [1.29, 1.82) is 0 Å². The highest BCUT2D eigenvalue weighted by Crippen LogP contribution is 2.28. The topological polar surface area (TPSA) is 72.7 Å². The summed E-state index contributed by atoms with van der Waals surface area (Å²) in [6, 6.07) is 16.1. The van der Waals surface area contributed by atoms with Crippen LogP contribution in [0.3, 0.4) is 0 Å². The minimum Gasteiger partial charge on any atom is -0.325 e. The SMILES string of the molecule is CCCn1c(SCc2csc(CC(=O)Nc3ccccc3C)n2)nnc1-c1cccc(C)c1. The van der Waals surface area contributed by atoms with Gasteiger partial charge in [-0.15, -0.1) is 21.5 Å². The molecule has 170 valence electrons. The van der Waals surface area contributed by atoms with Crippen molar-refractivity contribution in [2.75, 3.05) is 5.32 Å². The molecule has 0 saturated heterocycles. The zero-order valence-corrected chi connectivity index (χ0v) is 20.7. The number of carbonyl (C=O) groups excluding carboxylic acids is 1. The Balaban J connectivity index is 1.40. The van der Waals surface area contributed by atoms with Crippen LogP contribution in [0, 0.1) is 13.8 Å². The van der Waals surface area contributed by atoms with Crippen LogP contribution in [-0.4, -0.2) is 25.7 Å². The van der Waals surface area contributed by atoms with Crippen LogP contribution in [0.15, 0.2) is 59.1 Å². The van der Waals surface area contributed by atoms with Gasteiger partial charge in [0.25, 0.3) is 0 Å². The molecule has 0 bridgehead atoms. The Kier molecular flexibility index (Phi) is 7.57. The van der Waals surface area contributed by atoms with E-state index in [0.717, 1.165) is 51.5 Å². The molecule has 0 fully saturated rings. The Labute approximate surface area is 202 Å². The lowest BCUT2D eigenvalue weighted by Crippen LogP contribution is -2.15. The third-order valence-electron chi connectivity index (χ3n) is 5.12. The van der Waals surface area contributed by atoms with Crippen LogP contribution in [0.2, 0.25) is 0 Å². The number of aromatic nitrogens is 4. The second-order valence-electron chi connectivity index (χ2n) is 7.89. The molecule has 1 amide bonds. The fourth-order valence-corrected chi connectivity index (χ4v) is 5.25. The number of carbonyl (C=O) groups is 1. The minimum atomic E-state index is -0.0525. The molecule has 2 heterocycles. The van der Waals surface area contributed by atoms with Crippen molar-refractivity contribution in [1.82, 2.24) is 19.7 Å². The molecule has 0 aliphatic rings. The largest absolute Gasteiger partial charge is 0.325 e. The van der Waals surface area contributed by atoms with Crippen molar-refractivity contribution in [2.24, 2.45) is 0 Å². The zero-order chi connectivity index (χ0) is 23.2. The minimum absolute atomic E-state index is 0.0525. The van der Waals surface area contributed by atoms with Crippen LogP contribution in [-0.2, 0) is 23.5 Å². The van der Waals surface area contributed by atoms with E-state index in [1.165, 1.54) is 16.9 Å². The number of nitrogens with one attached hydrogen (secondary N) is 1. The third kappa shape index (κ3) is 5.89. The number of thiazole rings is 1. The predicted octanol–water partition coefficient (Wildman–Crippen LogP) is 5.90. The van der Waals surface area contributed by atoms with E-state index in [9.17, 15) is 4.79 Å². The molecule has 0 atom stereocenters. The molecule has 6 nitrogen and oxygen atoms in total. The fourth-order valence-electron chi connectivity index (χ4n) is 3.50. The molecule has 0 radical (unpaired) electrons. The van der Waals surface area contributed by atoms with Crippen LogP contribution in [0.4, 0.5) is 5.69 Å². The summed E-state index contributed by atoms with van der Waals surface area (Å²) in [5, 5.41) is 15.6. The first-order chi connectivity index (χ1) is 16.0. The first kappa shape index (κ1) is 23.2. The van der Waals surface area contributed by atoms with Crippen molar-refractivity contribution in [3.05, 3.63) is 75.7 Å². The highest BCUT2D eigenvalue weighted by Gasteiger charge is 2.15. The summed E-state index contributed by atoms with van der Waals surface area (Å²) in [4.78, 5) is 17.1. The normalized spacial score (nSPS) is 11.0. The van der Waals surface area contributed by atoms with Crippen molar-refractivity contribution in [3.8, 4) is 11.4 Å². The number of thioether (sulfide) groups is 1. The standard InChI is InChI=1S/C25H27N5OS2/c1-4-12-30-24(19-10-7-8-17(2)13-19)28-29-25(30)33-16-20-15-32-23(26-20)14-22(31)27-21-11-6-5-9-18(21)3/h5-11,13,15H,4,12,14,16H2,1-3H3,(H,27,31). The highest BCUT2D eigenvalue weighted by molar-refractivity contribution is 7.98. The first-order valence-electron chi connectivity index (χ1n) is 10.9. The number of aryl methyl sites for hydroxylation is 2. The van der Waals surface area contributed by atoms with Gasteiger partial charge < -0.3 is 9.88 Å². The molecule has 0 aliphatic heterocycles. The third-order valence-corrected chi connectivity index (χ3v) is 7.02. The lowest BCUT2D eigenvalue weighted by Gasteiger charge is -2.09. The second kappa shape index (κ2) is 10.8. The number of amides is 1. The molecule has 0 aliphatic carbocycles. The Hall–Kier alpha value is -2.97. The van der Waals surface area contributed by atoms with Crippen LogP contribution in [0.1, 0.15) is 35.2 Å². The van der Waals surface area contributed by atoms with Gasteiger partial charge in [-0.2, -0.15) is 0 Å². The van der Waals surface area contributed by atoms with Gasteiger partial charge in [0.1, 0.15) is 5.01 Å². The molecule has 1 N–H and O–H groups in total. The maximum Gasteiger partial charge on any atom is 0.231 e. The van der Waals surface area contributed by atoms with Gasteiger partial charge in [0, 0.05) is 28.9 Å². The van der Waals surface area contributed by atoms with Gasteiger partial charge in [-0.25, -0.2) is 4.98 Å². The van der Waals surface area contributed by atoms with Crippen molar-refractivity contribution >= 4 is 34.7 Å². The monoisotopic (exact) mass is 477 g/mol. The Morgan fingerprint density at radius 2 is 1.97 bits per heavy atom. The van der Waals surface area contributed by atoms with E-state index in [1.807, 2.05) is 36.6 Å². The number of benzene rings is 2. The maximum absolute atomic E-state index is 12.4. The van der Waals surface area contributed by atoms with Crippen LogP contribution >= 0.6 is 23.1 Å². The molecule has 2 aromatic heterocycles. The quantitative estimate of drug-likeness (QED) is 0.304. The average molecular weight is 478 g/mol. The van der Waals surface area contributed by atoms with Crippen molar-refractivity contribution in [3.63, 3.8) is 0 Å². The molecular weight excluding hydrogens is 450 g/mol. The number of nitrogens with zero attached hydrogens (tertiary/aromatic N) is 4. The van der Waals surface area contributed by atoms with Gasteiger partial charge in [0.2, 0.25) is 5.91 Å². The summed E-state index contributed by atoms with van der Waals surface area (Å²) in [6.45, 7) is 7.08. The lowest BCUT2D eigenvalue weighted by molar-refractivity contribution is -0.115. The highest BCUT2D eigenvalue weighted by atomic mass is 32.2. The van der Waals surface area contributed by atoms with Crippen LogP contribution < -0.4 is 5.32 Å². The molecule has 33 heavy (non-hydrogen) atoms. The summed E-state index contributed by atoms with van der Waals surface area (Å²) >= 11 is 3.15. The van der Waals surface area contributed by atoms with E-state index in [2.05, 4.69) is 63.2 Å². The van der Waals surface area contributed by atoms with Gasteiger partial charge >= 0.3 is 0 Å². The van der Waals surface area contributed by atoms with Gasteiger partial charge in [-0.3, -0.25) is 4.79 Å². The van der Waals surface area contributed by atoms with E-state index < -0.39 is 0 Å². The molecule has 0 unspecified atom stereocenters. The zero-order valence-electron chi connectivity index (χ0n) is 19.0. The smallest absolute Gasteiger partial charge is 0.231 e. The Morgan fingerprint density at radius 3 is 2.76 bits per heavy atom. The second-order valence-corrected chi connectivity index (χ2v) is 9.77. The average Bonchev–Trinajstić information content (AvgIpc) is 3.41. The molecule has 8 heteroatoms. The fraction of sp³-hybridized carbons (Fsp3) is 0.280. The lowest BCUT2D eigenvalue weighted by atomic mass is 10.1. The maximum atomic E-state index is 12.4. The Bertz CT molecular complexity index is 1250. The van der Waals surface area contributed by atoms with E-state index in [4.69, 9.17) is 0 Å². The molecule has 0 saturated carbocycles. The number of rotatable bonds is 9. The summed E-state index contributed by atoms with van der Waals surface area (Å²) < 4.78 is 2.18. The summed E-state index contributed by atoms with van der Waals surface area (Å²) in [6.07, 6.45) is 1.27. The van der Waals surface area contributed by atoms with Gasteiger partial charge in [0.05, 0.1) is 12.1 Å². The van der Waals surface area contributed by atoms with E-state index >= 15 is 0 Å². The summed E-state index contributed by atoms with van der Waals surface area (Å²) in [5.74, 6) is 1.53. The number of para-hydroxylation sites is 1. The molecular formula is C25H27N5OS2. The van der Waals surface area contributed by atoms with E-state index in [0.29, 0.717) is 5.75 Å². The van der Waals surface area contributed by atoms with Gasteiger partial charge in [-0.05, 0) is 38.0 Å². The molecule has 4 aromatic rings. The number of hydrogen-bond donors (Lipinski definition) is 1. The van der Waals surface area contributed by atoms with Crippen LogP contribution in [0.5, 0.6) is 0 Å². The molecule has 0 spiro atoms. The summed E-state index contributed by atoms with van der Waals surface area (Å²) in [5.41, 5.74) is 5.12. The molecule has 4 rings (SSSR count). The van der Waals surface area contributed by atoms with Crippen molar-refractivity contribution < 1.29 is 4.79 Å². The van der Waals surface area contributed by atoms with E-state index in [1.54, 1.807) is 11.8 Å². The van der Waals surface area contributed by atoms with E-state index in [-0.39, 0.29) is 12.3 Å². The van der Waals surface area contributed by atoms with Gasteiger partial charge in [-0.1, -0.05) is 60.6 Å². The Morgan fingerprint density at radius 1 is 1.12 bits per heavy atom. The number of anilines is 1. The van der Waals surface area contributed by atoms with Gasteiger partial charge in [0.15, 0.2) is 11.0 Å². The van der Waals surface area contributed by atoms with Crippen molar-refractivity contribution in [2.45, 2.75) is 51.1 Å². The summed E-state index contributed by atoms with van der Waals surface area (Å²) in [7, 11) is 0. The number of hydrogen-bond acceptors (Lipinski definition) is 6. The molecule has 2 aromatic carbocycles. The first-order valence-corrected chi connectivity index (χ1v) is 12.8. The predicted molar refractivity (Wildman–Crippen MR) is 136 cm³/mol.